The number of aliphatic hydroxyl groups excluding tert-OH is 1. The highest BCUT2D eigenvalue weighted by molar-refractivity contribution is 6.31. The largest absolute Gasteiger partial charge is 0.395 e. The van der Waals surface area contributed by atoms with E-state index in [1.165, 1.54) is 0 Å². The third-order valence-corrected chi connectivity index (χ3v) is 4.01. The van der Waals surface area contributed by atoms with Crippen LogP contribution in [0.3, 0.4) is 0 Å². The van der Waals surface area contributed by atoms with E-state index in [4.69, 9.17) is 16.7 Å². The fourth-order valence-electron chi connectivity index (χ4n) is 2.38. The highest BCUT2D eigenvalue weighted by atomic mass is 35.5. The van der Waals surface area contributed by atoms with Crippen LogP contribution >= 0.6 is 11.6 Å². The maximum absolute atomic E-state index is 8.91. The Labute approximate surface area is 113 Å². The summed E-state index contributed by atoms with van der Waals surface area (Å²) in [4.78, 5) is 4.67. The van der Waals surface area contributed by atoms with Crippen molar-refractivity contribution in [2.75, 3.05) is 39.3 Å². The van der Waals surface area contributed by atoms with E-state index in [-0.39, 0.29) is 6.61 Å². The summed E-state index contributed by atoms with van der Waals surface area (Å²) in [7, 11) is 1.94. The van der Waals surface area contributed by atoms with Crippen molar-refractivity contribution in [1.29, 1.82) is 0 Å². The first kappa shape index (κ1) is 13.8. The molecule has 1 aliphatic rings. The number of aryl methyl sites for hydroxylation is 2. The molecule has 1 saturated heterocycles. The van der Waals surface area contributed by atoms with Gasteiger partial charge < -0.3 is 5.11 Å². The molecule has 0 bridgehead atoms. The summed E-state index contributed by atoms with van der Waals surface area (Å²) in [5.41, 5.74) is 1.98. The van der Waals surface area contributed by atoms with Crippen molar-refractivity contribution in [3.05, 3.63) is 16.4 Å². The van der Waals surface area contributed by atoms with Gasteiger partial charge in [0.05, 0.1) is 23.0 Å². The summed E-state index contributed by atoms with van der Waals surface area (Å²) in [6.07, 6.45) is 0. The molecule has 0 unspecified atom stereocenters. The third-order valence-electron chi connectivity index (χ3n) is 3.52. The van der Waals surface area contributed by atoms with Crippen molar-refractivity contribution in [3.8, 4) is 0 Å². The molecule has 0 amide bonds. The molecule has 5 nitrogen and oxygen atoms in total. The SMILES string of the molecule is Cc1nn(C)c(CN2CCN(CCO)CC2)c1Cl. The second-order valence-corrected chi connectivity index (χ2v) is 5.19. The normalized spacial score (nSPS) is 18.4. The third kappa shape index (κ3) is 3.03. The van der Waals surface area contributed by atoms with Crippen LogP contribution in [0, 0.1) is 6.92 Å². The number of hydrogen-bond donors (Lipinski definition) is 1. The lowest BCUT2D eigenvalue weighted by Gasteiger charge is -2.34. The van der Waals surface area contributed by atoms with E-state index < -0.39 is 0 Å². The molecule has 1 aliphatic heterocycles. The van der Waals surface area contributed by atoms with Gasteiger partial charge in [-0.25, -0.2) is 0 Å². The lowest BCUT2D eigenvalue weighted by Crippen LogP contribution is -2.46. The first-order valence-corrected chi connectivity index (χ1v) is 6.73. The number of hydrogen-bond acceptors (Lipinski definition) is 4. The van der Waals surface area contributed by atoms with E-state index in [1.807, 2.05) is 18.7 Å². The standard InChI is InChI=1S/C12H21ClN4O/c1-10-12(13)11(15(2)14-10)9-17-5-3-16(4-6-17)7-8-18/h18H,3-9H2,1-2H3. The molecule has 0 aromatic carbocycles. The van der Waals surface area contributed by atoms with Crippen molar-refractivity contribution in [2.45, 2.75) is 13.5 Å². The van der Waals surface area contributed by atoms with Crippen LogP contribution in [0.5, 0.6) is 0 Å². The Morgan fingerprint density at radius 2 is 1.83 bits per heavy atom. The summed E-state index contributed by atoms with van der Waals surface area (Å²) >= 11 is 6.26. The first-order chi connectivity index (χ1) is 8.61. The summed E-state index contributed by atoms with van der Waals surface area (Å²) < 4.78 is 1.87. The molecule has 1 aromatic heterocycles. The van der Waals surface area contributed by atoms with Crippen molar-refractivity contribution in [1.82, 2.24) is 19.6 Å². The van der Waals surface area contributed by atoms with Gasteiger partial charge in [-0.3, -0.25) is 14.5 Å². The van der Waals surface area contributed by atoms with Gasteiger partial charge in [0.1, 0.15) is 0 Å². The van der Waals surface area contributed by atoms with Crippen molar-refractivity contribution >= 4 is 11.6 Å². The molecule has 102 valence electrons. The highest BCUT2D eigenvalue weighted by Gasteiger charge is 2.19. The van der Waals surface area contributed by atoms with Crippen LogP contribution in [0.2, 0.25) is 5.02 Å². The predicted molar refractivity (Wildman–Crippen MR) is 71.8 cm³/mol. The van der Waals surface area contributed by atoms with Gasteiger partial charge in [-0.1, -0.05) is 11.6 Å². The van der Waals surface area contributed by atoms with Crippen LogP contribution in [-0.4, -0.2) is 64.0 Å². The molecule has 0 radical (unpaired) electrons. The molecule has 0 aliphatic carbocycles. The molecule has 1 fully saturated rings. The van der Waals surface area contributed by atoms with Gasteiger partial charge in [-0.2, -0.15) is 5.10 Å². The molecule has 0 saturated carbocycles. The lowest BCUT2D eigenvalue weighted by atomic mass is 10.2. The maximum Gasteiger partial charge on any atom is 0.0860 e. The van der Waals surface area contributed by atoms with E-state index in [0.29, 0.717) is 0 Å². The van der Waals surface area contributed by atoms with Crippen molar-refractivity contribution < 1.29 is 5.11 Å². The van der Waals surface area contributed by atoms with E-state index in [1.54, 1.807) is 0 Å². The molecule has 2 rings (SSSR count). The van der Waals surface area contributed by atoms with E-state index in [2.05, 4.69) is 14.9 Å². The van der Waals surface area contributed by atoms with Gasteiger partial charge in [0, 0.05) is 46.3 Å². The van der Waals surface area contributed by atoms with E-state index in [9.17, 15) is 0 Å². The lowest BCUT2D eigenvalue weighted by molar-refractivity contribution is 0.107. The first-order valence-electron chi connectivity index (χ1n) is 6.35. The topological polar surface area (TPSA) is 44.5 Å². The maximum atomic E-state index is 8.91. The average Bonchev–Trinajstić information content (AvgIpc) is 2.59. The summed E-state index contributed by atoms with van der Waals surface area (Å²) in [5, 5.41) is 14.0. The Balaban J connectivity index is 1.91. The molecule has 0 spiro atoms. The number of piperazine rings is 1. The number of β-amino-alcohol motifs (C(OH)–C–C–N with tert-alkyl or cyclic N) is 1. The molecule has 6 heteroatoms. The fraction of sp³-hybridized carbons (Fsp3) is 0.750. The van der Waals surface area contributed by atoms with Gasteiger partial charge in [-0.05, 0) is 6.92 Å². The molecular weight excluding hydrogens is 252 g/mol. The van der Waals surface area contributed by atoms with Crippen LogP contribution in [0.25, 0.3) is 0 Å². The molecule has 1 aromatic rings. The number of rotatable bonds is 4. The minimum Gasteiger partial charge on any atom is -0.395 e. The molecule has 1 N–H and O–H groups in total. The minimum absolute atomic E-state index is 0.243. The predicted octanol–water partition coefficient (Wildman–Crippen LogP) is 0.492. The number of halogens is 1. The zero-order chi connectivity index (χ0) is 13.1. The summed E-state index contributed by atoms with van der Waals surface area (Å²) in [6.45, 7) is 7.85. The van der Waals surface area contributed by atoms with Crippen LogP contribution in [0.4, 0.5) is 0 Å². The Morgan fingerprint density at radius 3 is 2.33 bits per heavy atom. The summed E-state index contributed by atoms with van der Waals surface area (Å²) in [5.74, 6) is 0. The average molecular weight is 273 g/mol. The van der Waals surface area contributed by atoms with Crippen molar-refractivity contribution in [3.63, 3.8) is 0 Å². The van der Waals surface area contributed by atoms with Gasteiger partial charge in [0.15, 0.2) is 0 Å². The van der Waals surface area contributed by atoms with Crippen LogP contribution in [0.15, 0.2) is 0 Å². The van der Waals surface area contributed by atoms with Crippen molar-refractivity contribution in [2.24, 2.45) is 7.05 Å². The Kier molecular flexibility index (Phi) is 4.61. The second kappa shape index (κ2) is 6.02. The summed E-state index contributed by atoms with van der Waals surface area (Å²) in [6, 6.07) is 0. The fourth-order valence-corrected chi connectivity index (χ4v) is 2.60. The Hall–Kier alpha value is -0.620. The van der Waals surface area contributed by atoms with Gasteiger partial charge in [-0.15, -0.1) is 0 Å². The number of aliphatic hydroxyl groups is 1. The minimum atomic E-state index is 0.243. The molecular formula is C12H21ClN4O. The number of aromatic nitrogens is 2. The van der Waals surface area contributed by atoms with Crippen LogP contribution in [0.1, 0.15) is 11.4 Å². The van der Waals surface area contributed by atoms with Gasteiger partial charge in [0.2, 0.25) is 0 Å². The quantitative estimate of drug-likeness (QED) is 0.867. The highest BCUT2D eigenvalue weighted by Crippen LogP contribution is 2.21. The zero-order valence-corrected chi connectivity index (χ0v) is 11.8. The van der Waals surface area contributed by atoms with E-state index in [0.717, 1.165) is 55.7 Å². The van der Waals surface area contributed by atoms with E-state index >= 15 is 0 Å². The number of nitrogens with zero attached hydrogens (tertiary/aromatic N) is 4. The zero-order valence-electron chi connectivity index (χ0n) is 11.1. The molecule has 0 atom stereocenters. The van der Waals surface area contributed by atoms with Crippen LogP contribution in [-0.2, 0) is 13.6 Å². The van der Waals surface area contributed by atoms with Gasteiger partial charge in [0.25, 0.3) is 0 Å². The second-order valence-electron chi connectivity index (χ2n) is 4.81. The Morgan fingerprint density at radius 1 is 1.22 bits per heavy atom. The smallest absolute Gasteiger partial charge is 0.0860 e. The Bertz CT molecular complexity index is 399. The van der Waals surface area contributed by atoms with Crippen LogP contribution < -0.4 is 0 Å². The molecule has 18 heavy (non-hydrogen) atoms. The van der Waals surface area contributed by atoms with Gasteiger partial charge >= 0.3 is 0 Å². The molecule has 2 heterocycles. The monoisotopic (exact) mass is 272 g/mol.